The number of carbonyl (C=O) groups is 1. The zero-order chi connectivity index (χ0) is 21.4. The number of hydrogen-bond donors (Lipinski definition) is 1. The van der Waals surface area contributed by atoms with Crippen molar-refractivity contribution in [2.45, 2.75) is 19.9 Å². The van der Waals surface area contributed by atoms with Crippen LogP contribution >= 0.6 is 22.7 Å². The molecule has 5 nitrogen and oxygen atoms in total. The number of benzene rings is 2. The lowest BCUT2D eigenvalue weighted by Gasteiger charge is -2.22. The molecule has 0 radical (unpaired) electrons. The van der Waals surface area contributed by atoms with E-state index >= 15 is 0 Å². The number of aryl methyl sites for hydroxylation is 1. The van der Waals surface area contributed by atoms with Crippen molar-refractivity contribution in [3.05, 3.63) is 64.5 Å². The van der Waals surface area contributed by atoms with Crippen molar-refractivity contribution in [3.63, 3.8) is 0 Å². The van der Waals surface area contributed by atoms with E-state index < -0.39 is 0 Å². The van der Waals surface area contributed by atoms with Crippen molar-refractivity contribution in [2.24, 2.45) is 0 Å². The molecule has 0 spiro atoms. The highest BCUT2D eigenvalue weighted by molar-refractivity contribution is 7.22. The predicted octanol–water partition coefficient (Wildman–Crippen LogP) is 5.34. The lowest BCUT2D eigenvalue weighted by Crippen LogP contribution is -2.25. The van der Waals surface area contributed by atoms with Gasteiger partial charge in [0.25, 0.3) is 5.91 Å². The monoisotopic (exact) mass is 449 g/mol. The number of thiazole rings is 1. The number of nitrogens with zero attached hydrogens (tertiary/aromatic N) is 2. The molecule has 2 aromatic heterocycles. The number of hydrogen-bond acceptors (Lipinski definition) is 6. The van der Waals surface area contributed by atoms with Gasteiger partial charge in [-0.3, -0.25) is 4.79 Å². The lowest BCUT2D eigenvalue weighted by atomic mass is 10.0. The van der Waals surface area contributed by atoms with Crippen LogP contribution in [0.1, 0.15) is 16.0 Å². The second-order valence-corrected chi connectivity index (χ2v) is 9.97. The van der Waals surface area contributed by atoms with Crippen molar-refractivity contribution in [1.82, 2.24) is 9.88 Å². The third-order valence-electron chi connectivity index (χ3n) is 5.40. The standard InChI is InChI=1S/C24H23N3O2S2/c1-15-7-9-16(10-8-15)29-14-21(28)26-24-22(17-11-12-27(2)13-20(17)31-24)23-25-18-5-3-4-6-19(18)30-23/h3-10H,11-14H2,1-2H3,(H,26,28). The maximum Gasteiger partial charge on any atom is 0.262 e. The third-order valence-corrected chi connectivity index (χ3v) is 7.59. The molecular weight excluding hydrogens is 426 g/mol. The van der Waals surface area contributed by atoms with E-state index in [1.807, 2.05) is 49.4 Å². The number of para-hydroxylation sites is 1. The molecule has 0 aliphatic carbocycles. The summed E-state index contributed by atoms with van der Waals surface area (Å²) in [6.45, 7) is 3.90. The van der Waals surface area contributed by atoms with Gasteiger partial charge in [0.1, 0.15) is 15.8 Å². The summed E-state index contributed by atoms with van der Waals surface area (Å²) in [6.07, 6.45) is 0.962. The summed E-state index contributed by atoms with van der Waals surface area (Å²) in [4.78, 5) is 21.2. The van der Waals surface area contributed by atoms with E-state index in [0.717, 1.165) is 50.9 Å². The number of fused-ring (bicyclic) bond motifs is 2. The number of aromatic nitrogens is 1. The van der Waals surface area contributed by atoms with Gasteiger partial charge in [-0.25, -0.2) is 4.98 Å². The molecule has 0 saturated carbocycles. The van der Waals surface area contributed by atoms with Gasteiger partial charge in [-0.05, 0) is 50.2 Å². The van der Waals surface area contributed by atoms with Crippen molar-refractivity contribution < 1.29 is 9.53 Å². The molecule has 0 atom stereocenters. The number of anilines is 1. The van der Waals surface area contributed by atoms with Gasteiger partial charge in [-0.2, -0.15) is 0 Å². The van der Waals surface area contributed by atoms with Crippen LogP contribution in [0.2, 0.25) is 0 Å². The molecule has 0 bridgehead atoms. The molecule has 7 heteroatoms. The Labute approximate surface area is 189 Å². The van der Waals surface area contributed by atoms with Crippen LogP contribution in [0.15, 0.2) is 48.5 Å². The largest absolute Gasteiger partial charge is 0.484 e. The Balaban J connectivity index is 1.43. The average Bonchev–Trinajstić information content (AvgIpc) is 3.33. The Bertz CT molecular complexity index is 1210. The maximum absolute atomic E-state index is 12.7. The number of ether oxygens (including phenoxy) is 1. The van der Waals surface area contributed by atoms with Gasteiger partial charge < -0.3 is 15.0 Å². The second kappa shape index (κ2) is 8.42. The topological polar surface area (TPSA) is 54.5 Å². The molecule has 5 rings (SSSR count). The van der Waals surface area contributed by atoms with Crippen molar-refractivity contribution in [3.8, 4) is 16.3 Å². The van der Waals surface area contributed by atoms with E-state index in [-0.39, 0.29) is 12.5 Å². The summed E-state index contributed by atoms with van der Waals surface area (Å²) >= 11 is 3.34. The molecule has 1 N–H and O–H groups in total. The molecule has 4 aromatic rings. The van der Waals surface area contributed by atoms with Crippen LogP contribution in [0.25, 0.3) is 20.8 Å². The maximum atomic E-state index is 12.7. The Morgan fingerprint density at radius 1 is 1.16 bits per heavy atom. The van der Waals surface area contributed by atoms with Crippen molar-refractivity contribution in [1.29, 1.82) is 0 Å². The summed E-state index contributed by atoms with van der Waals surface area (Å²) in [6, 6.07) is 15.9. The first-order chi connectivity index (χ1) is 15.1. The zero-order valence-electron chi connectivity index (χ0n) is 17.5. The Morgan fingerprint density at radius 2 is 1.97 bits per heavy atom. The first-order valence-electron chi connectivity index (χ1n) is 10.2. The van der Waals surface area contributed by atoms with Crippen molar-refractivity contribution >= 4 is 43.8 Å². The molecule has 3 heterocycles. The molecule has 0 unspecified atom stereocenters. The van der Waals surface area contributed by atoms with Gasteiger partial charge in [-0.1, -0.05) is 29.8 Å². The van der Waals surface area contributed by atoms with Crippen LogP contribution in [0, 0.1) is 6.92 Å². The highest BCUT2D eigenvalue weighted by atomic mass is 32.1. The van der Waals surface area contributed by atoms with Crippen LogP contribution < -0.4 is 10.1 Å². The summed E-state index contributed by atoms with van der Waals surface area (Å²) in [5.74, 6) is 0.536. The molecule has 0 saturated heterocycles. The minimum Gasteiger partial charge on any atom is -0.484 e. The Morgan fingerprint density at radius 3 is 2.77 bits per heavy atom. The zero-order valence-corrected chi connectivity index (χ0v) is 19.1. The van der Waals surface area contributed by atoms with Gasteiger partial charge in [0.15, 0.2) is 6.61 Å². The van der Waals surface area contributed by atoms with Crippen LogP contribution in [-0.2, 0) is 17.8 Å². The summed E-state index contributed by atoms with van der Waals surface area (Å²) in [5, 5.41) is 4.95. The fourth-order valence-corrected chi connectivity index (χ4v) is 6.23. The minimum atomic E-state index is -0.158. The van der Waals surface area contributed by atoms with E-state index in [1.165, 1.54) is 10.4 Å². The molecule has 2 aromatic carbocycles. The SMILES string of the molecule is Cc1ccc(OCC(=O)Nc2sc3c(c2-c2nc4ccccc4s2)CCN(C)C3)cc1. The normalized spacial score (nSPS) is 13.9. The first-order valence-corrected chi connectivity index (χ1v) is 11.9. The van der Waals surface area contributed by atoms with Gasteiger partial charge >= 0.3 is 0 Å². The number of thiophene rings is 1. The van der Waals surface area contributed by atoms with Crippen LogP contribution in [-0.4, -0.2) is 36.0 Å². The lowest BCUT2D eigenvalue weighted by molar-refractivity contribution is -0.118. The van der Waals surface area contributed by atoms with Crippen LogP contribution in [0.5, 0.6) is 5.75 Å². The molecule has 31 heavy (non-hydrogen) atoms. The van der Waals surface area contributed by atoms with E-state index in [0.29, 0.717) is 5.75 Å². The van der Waals surface area contributed by atoms with Gasteiger partial charge in [0.05, 0.1) is 10.2 Å². The van der Waals surface area contributed by atoms with E-state index in [9.17, 15) is 4.79 Å². The highest BCUT2D eigenvalue weighted by Gasteiger charge is 2.26. The van der Waals surface area contributed by atoms with E-state index in [4.69, 9.17) is 9.72 Å². The highest BCUT2D eigenvalue weighted by Crippen LogP contribution is 2.45. The van der Waals surface area contributed by atoms with Gasteiger partial charge in [0, 0.05) is 23.5 Å². The molecule has 1 aliphatic heterocycles. The molecule has 1 aliphatic rings. The number of carbonyl (C=O) groups excluding carboxylic acids is 1. The Hall–Kier alpha value is -2.74. The smallest absolute Gasteiger partial charge is 0.262 e. The fraction of sp³-hybridized carbons (Fsp3) is 0.250. The molecule has 158 valence electrons. The second-order valence-electron chi connectivity index (χ2n) is 7.83. The number of rotatable bonds is 5. The average molecular weight is 450 g/mol. The summed E-state index contributed by atoms with van der Waals surface area (Å²) < 4.78 is 6.84. The molecular formula is C24H23N3O2S2. The summed E-state index contributed by atoms with van der Waals surface area (Å²) in [7, 11) is 2.13. The number of amides is 1. The molecule has 0 fully saturated rings. The first kappa shape index (κ1) is 20.2. The number of likely N-dealkylation sites (N-methyl/N-ethyl adjacent to an activating group) is 1. The minimum absolute atomic E-state index is 0.0230. The molecule has 1 amide bonds. The van der Waals surface area contributed by atoms with E-state index in [1.54, 1.807) is 22.7 Å². The Kier molecular flexibility index (Phi) is 5.48. The van der Waals surface area contributed by atoms with Gasteiger partial charge in [0.2, 0.25) is 0 Å². The summed E-state index contributed by atoms with van der Waals surface area (Å²) in [5.41, 5.74) is 4.55. The van der Waals surface area contributed by atoms with Crippen molar-refractivity contribution in [2.75, 3.05) is 25.5 Å². The van der Waals surface area contributed by atoms with Gasteiger partial charge in [-0.15, -0.1) is 22.7 Å². The van der Waals surface area contributed by atoms with Crippen LogP contribution in [0.3, 0.4) is 0 Å². The quantitative estimate of drug-likeness (QED) is 0.447. The van der Waals surface area contributed by atoms with E-state index in [2.05, 4.69) is 23.3 Å². The third kappa shape index (κ3) is 4.21. The fourth-order valence-electron chi connectivity index (χ4n) is 3.77. The predicted molar refractivity (Wildman–Crippen MR) is 128 cm³/mol. The number of nitrogens with one attached hydrogen (secondary N) is 1. The van der Waals surface area contributed by atoms with Crippen LogP contribution in [0.4, 0.5) is 5.00 Å².